The first-order valence-electron chi connectivity index (χ1n) is 11.6. The Kier molecular flexibility index (Phi) is 6.00. The highest BCUT2D eigenvalue weighted by Gasteiger charge is 2.35. The van der Waals surface area contributed by atoms with Crippen molar-refractivity contribution in [2.24, 2.45) is 0 Å². The van der Waals surface area contributed by atoms with Crippen molar-refractivity contribution in [3.63, 3.8) is 0 Å². The number of fused-ring (bicyclic) bond motifs is 1. The number of carbonyl (C=O) groups excluding carboxylic acids is 2. The normalized spacial score (nSPS) is 19.9. The molecule has 0 unspecified atom stereocenters. The van der Waals surface area contributed by atoms with Crippen LogP contribution in [0, 0.1) is 0 Å². The van der Waals surface area contributed by atoms with E-state index in [4.69, 9.17) is 4.42 Å². The number of carbonyl (C=O) groups is 2. The number of hydrogen-bond donors (Lipinski definition) is 0. The maximum absolute atomic E-state index is 13.2. The van der Waals surface area contributed by atoms with E-state index < -0.39 is 5.76 Å². The summed E-state index contributed by atoms with van der Waals surface area (Å²) in [6.45, 7) is 3.59. The number of hydrogen-bond acceptors (Lipinski definition) is 5. The van der Waals surface area contributed by atoms with Crippen molar-refractivity contribution < 1.29 is 14.0 Å². The molecule has 1 aromatic heterocycles. The molecule has 0 bridgehead atoms. The van der Waals surface area contributed by atoms with Gasteiger partial charge in [0.15, 0.2) is 5.58 Å². The first kappa shape index (κ1) is 21.5. The van der Waals surface area contributed by atoms with Crippen LogP contribution in [0.1, 0.15) is 19.3 Å². The average molecular weight is 449 g/mol. The number of aromatic nitrogens is 1. The van der Waals surface area contributed by atoms with Gasteiger partial charge in [-0.05, 0) is 37.1 Å². The highest BCUT2D eigenvalue weighted by Crippen LogP contribution is 2.24. The maximum Gasteiger partial charge on any atom is 0.419 e. The van der Waals surface area contributed by atoms with Gasteiger partial charge in [-0.2, -0.15) is 0 Å². The summed E-state index contributed by atoms with van der Waals surface area (Å²) in [5, 5.41) is 0. The molecule has 33 heavy (non-hydrogen) atoms. The number of para-hydroxylation sites is 3. The molecule has 2 aliphatic heterocycles. The topological polar surface area (TPSA) is 79.0 Å². The number of oxazole rings is 1. The van der Waals surface area contributed by atoms with Crippen molar-refractivity contribution >= 4 is 28.6 Å². The van der Waals surface area contributed by atoms with Gasteiger partial charge in [-0.25, -0.2) is 4.79 Å². The van der Waals surface area contributed by atoms with E-state index in [1.54, 1.807) is 6.07 Å². The van der Waals surface area contributed by atoms with Gasteiger partial charge in [0.1, 0.15) is 0 Å². The van der Waals surface area contributed by atoms with Crippen molar-refractivity contribution in [3.05, 3.63) is 65.1 Å². The van der Waals surface area contributed by atoms with Crippen molar-refractivity contribution in [1.82, 2.24) is 14.4 Å². The Balaban J connectivity index is 1.17. The Morgan fingerprint density at radius 3 is 2.42 bits per heavy atom. The van der Waals surface area contributed by atoms with Crippen LogP contribution in [-0.4, -0.2) is 64.9 Å². The van der Waals surface area contributed by atoms with E-state index in [0.717, 1.165) is 25.1 Å². The molecule has 8 heteroatoms. The highest BCUT2D eigenvalue weighted by molar-refractivity contribution is 5.98. The SMILES string of the molecule is O=C(CCn1c(=O)oc2ccccc21)N1CCN([C@H]2CCCN(c3ccccc3)C2=O)CC1. The minimum absolute atomic E-state index is 0.0210. The quantitative estimate of drug-likeness (QED) is 0.599. The zero-order valence-electron chi connectivity index (χ0n) is 18.6. The molecule has 2 aromatic carbocycles. The summed E-state index contributed by atoms with van der Waals surface area (Å²) in [6, 6.07) is 16.9. The van der Waals surface area contributed by atoms with Crippen LogP contribution in [-0.2, 0) is 16.1 Å². The van der Waals surface area contributed by atoms with Gasteiger partial charge >= 0.3 is 5.76 Å². The lowest BCUT2D eigenvalue weighted by molar-refractivity contribution is -0.134. The average Bonchev–Trinajstić information content (AvgIpc) is 3.18. The fourth-order valence-corrected chi connectivity index (χ4v) is 4.93. The van der Waals surface area contributed by atoms with Crippen LogP contribution < -0.4 is 10.7 Å². The zero-order valence-corrected chi connectivity index (χ0v) is 18.6. The first-order valence-corrected chi connectivity index (χ1v) is 11.6. The van der Waals surface area contributed by atoms with Gasteiger partial charge in [0.05, 0.1) is 11.6 Å². The summed E-state index contributed by atoms with van der Waals surface area (Å²) >= 11 is 0. The summed E-state index contributed by atoms with van der Waals surface area (Å²) in [5.74, 6) is -0.265. The number of nitrogens with zero attached hydrogens (tertiary/aromatic N) is 4. The molecule has 0 saturated carbocycles. The van der Waals surface area contributed by atoms with Crippen LogP contribution >= 0.6 is 0 Å². The van der Waals surface area contributed by atoms with Crippen LogP contribution in [0.4, 0.5) is 5.69 Å². The minimum atomic E-state index is -0.437. The molecule has 5 rings (SSSR count). The van der Waals surface area contributed by atoms with E-state index >= 15 is 0 Å². The second-order valence-corrected chi connectivity index (χ2v) is 8.64. The van der Waals surface area contributed by atoms with Crippen molar-refractivity contribution in [2.75, 3.05) is 37.6 Å². The fraction of sp³-hybridized carbons (Fsp3) is 0.400. The maximum atomic E-state index is 13.2. The monoisotopic (exact) mass is 448 g/mol. The molecule has 0 spiro atoms. The number of piperidine rings is 1. The van der Waals surface area contributed by atoms with E-state index in [1.807, 2.05) is 58.3 Å². The predicted octanol–water partition coefficient (Wildman–Crippen LogP) is 2.32. The van der Waals surface area contributed by atoms with Gasteiger partial charge in [-0.1, -0.05) is 30.3 Å². The summed E-state index contributed by atoms with van der Waals surface area (Å²) in [5.41, 5.74) is 2.19. The van der Waals surface area contributed by atoms with E-state index in [2.05, 4.69) is 4.90 Å². The number of amides is 2. The Hall–Kier alpha value is -3.39. The third-order valence-electron chi connectivity index (χ3n) is 6.71. The molecule has 8 nitrogen and oxygen atoms in total. The smallest absolute Gasteiger partial charge is 0.408 e. The van der Waals surface area contributed by atoms with Gasteiger partial charge in [0, 0.05) is 51.4 Å². The molecule has 172 valence electrons. The van der Waals surface area contributed by atoms with E-state index in [-0.39, 0.29) is 24.3 Å². The molecule has 2 saturated heterocycles. The Morgan fingerprint density at radius 1 is 0.909 bits per heavy atom. The predicted molar refractivity (Wildman–Crippen MR) is 125 cm³/mol. The van der Waals surface area contributed by atoms with Gasteiger partial charge in [0.2, 0.25) is 11.8 Å². The number of benzene rings is 2. The van der Waals surface area contributed by atoms with Crippen LogP contribution in [0.2, 0.25) is 0 Å². The Morgan fingerprint density at radius 2 is 1.64 bits per heavy atom. The lowest BCUT2D eigenvalue weighted by Crippen LogP contribution is -2.58. The summed E-state index contributed by atoms with van der Waals surface area (Å²) < 4.78 is 6.76. The number of piperazine rings is 1. The van der Waals surface area contributed by atoms with Gasteiger partial charge in [-0.3, -0.25) is 19.1 Å². The molecule has 1 atom stereocenters. The molecule has 0 aliphatic carbocycles. The molecule has 0 radical (unpaired) electrons. The fourth-order valence-electron chi connectivity index (χ4n) is 4.93. The molecular weight excluding hydrogens is 420 g/mol. The zero-order chi connectivity index (χ0) is 22.8. The highest BCUT2D eigenvalue weighted by atomic mass is 16.4. The summed E-state index contributed by atoms with van der Waals surface area (Å²) in [7, 11) is 0. The first-order chi connectivity index (χ1) is 16.1. The van der Waals surface area contributed by atoms with Crippen LogP contribution in [0.15, 0.2) is 63.8 Å². The van der Waals surface area contributed by atoms with Crippen molar-refractivity contribution in [1.29, 1.82) is 0 Å². The van der Waals surface area contributed by atoms with Gasteiger partial charge in [-0.15, -0.1) is 0 Å². The van der Waals surface area contributed by atoms with Gasteiger partial charge < -0.3 is 14.2 Å². The third kappa shape index (κ3) is 4.30. The Labute approximate surface area is 192 Å². The Bertz CT molecular complexity index is 1190. The van der Waals surface area contributed by atoms with Crippen LogP contribution in [0.25, 0.3) is 11.1 Å². The largest absolute Gasteiger partial charge is 0.419 e. The van der Waals surface area contributed by atoms with Crippen LogP contribution in [0.3, 0.4) is 0 Å². The third-order valence-corrected chi connectivity index (χ3v) is 6.71. The molecule has 2 aliphatic rings. The number of anilines is 1. The number of aryl methyl sites for hydroxylation is 1. The van der Waals surface area contributed by atoms with E-state index in [9.17, 15) is 14.4 Å². The van der Waals surface area contributed by atoms with E-state index in [0.29, 0.717) is 43.8 Å². The molecule has 3 aromatic rings. The standard InChI is InChI=1S/C25H28N4O4/c30-23(12-14-29-20-9-4-5-11-22(20)33-25(29)32)27-17-15-26(16-18-27)21-10-6-13-28(24(21)31)19-7-2-1-3-8-19/h1-5,7-9,11,21H,6,10,12-18H2/t21-/m0/s1. The van der Waals surface area contributed by atoms with Crippen molar-refractivity contribution in [3.8, 4) is 0 Å². The summed E-state index contributed by atoms with van der Waals surface area (Å²) in [4.78, 5) is 44.1. The second-order valence-electron chi connectivity index (χ2n) is 8.64. The van der Waals surface area contributed by atoms with Crippen LogP contribution in [0.5, 0.6) is 0 Å². The molecule has 0 N–H and O–H groups in total. The number of rotatable bonds is 5. The lowest BCUT2D eigenvalue weighted by Gasteiger charge is -2.42. The van der Waals surface area contributed by atoms with Gasteiger partial charge in [0.25, 0.3) is 0 Å². The summed E-state index contributed by atoms with van der Waals surface area (Å²) in [6.07, 6.45) is 2.07. The lowest BCUT2D eigenvalue weighted by atomic mass is 10.0. The van der Waals surface area contributed by atoms with Crippen molar-refractivity contribution in [2.45, 2.75) is 31.8 Å². The minimum Gasteiger partial charge on any atom is -0.408 e. The molecule has 2 fully saturated rings. The molecule has 2 amide bonds. The molecule has 3 heterocycles. The van der Waals surface area contributed by atoms with E-state index in [1.165, 1.54) is 4.57 Å². The second kappa shape index (κ2) is 9.23. The molecular formula is C25H28N4O4.